The molecule has 0 aromatic carbocycles. The van der Waals surface area contributed by atoms with Gasteiger partial charge in [0.15, 0.2) is 0 Å². The first-order valence-corrected chi connectivity index (χ1v) is 5.73. The first-order chi connectivity index (χ1) is 7.76. The van der Waals surface area contributed by atoms with Gasteiger partial charge in [0.05, 0.1) is 16.8 Å². The number of hydrogen-bond donors (Lipinski definition) is 1. The van der Waals surface area contributed by atoms with Crippen LogP contribution in [0.25, 0.3) is 10.4 Å². The van der Waals surface area contributed by atoms with E-state index in [9.17, 15) is 0 Å². The summed E-state index contributed by atoms with van der Waals surface area (Å²) in [6, 6.07) is -0.653. The van der Waals surface area contributed by atoms with Crippen molar-refractivity contribution in [2.75, 3.05) is 6.61 Å². The van der Waals surface area contributed by atoms with Crippen molar-refractivity contribution in [1.29, 1.82) is 0 Å². The largest absolute Gasteiger partial charge is 0.396 e. The lowest BCUT2D eigenvalue weighted by atomic mass is 10.2. The summed E-state index contributed by atoms with van der Waals surface area (Å²) < 4.78 is 0.656. The van der Waals surface area contributed by atoms with Crippen LogP contribution >= 0.6 is 15.9 Å². The number of aromatic nitrogens is 2. The highest BCUT2D eigenvalue weighted by molar-refractivity contribution is 9.10. The van der Waals surface area contributed by atoms with Gasteiger partial charge in [-0.15, -0.1) is 0 Å². The van der Waals surface area contributed by atoms with Crippen LogP contribution in [0.15, 0.2) is 15.8 Å². The second kappa shape index (κ2) is 4.78. The molecule has 1 N–H and O–H groups in total. The minimum Gasteiger partial charge on any atom is -0.396 e. The Morgan fingerprint density at radius 3 is 3.00 bits per heavy atom. The maximum Gasteiger partial charge on any atom is 0.131 e. The lowest BCUT2D eigenvalue weighted by Gasteiger charge is -2.10. The molecule has 0 aliphatic heterocycles. The maximum absolute atomic E-state index is 9.13. The summed E-state index contributed by atoms with van der Waals surface area (Å²) in [6.07, 6.45) is 3.85. The van der Waals surface area contributed by atoms with Gasteiger partial charge in [0.1, 0.15) is 11.9 Å². The molecule has 1 heterocycles. The number of aliphatic hydroxyl groups excluding tert-OH is 1. The fourth-order valence-electron chi connectivity index (χ4n) is 1.41. The van der Waals surface area contributed by atoms with E-state index in [1.54, 1.807) is 6.20 Å². The zero-order chi connectivity index (χ0) is 11.5. The number of rotatable bonds is 4. The summed E-state index contributed by atoms with van der Waals surface area (Å²) >= 11 is 3.29. The highest BCUT2D eigenvalue weighted by Crippen LogP contribution is 2.39. The Morgan fingerprint density at radius 2 is 2.44 bits per heavy atom. The van der Waals surface area contributed by atoms with Gasteiger partial charge in [-0.25, -0.2) is 9.97 Å². The van der Waals surface area contributed by atoms with Crippen LogP contribution in [-0.4, -0.2) is 21.7 Å². The molecule has 1 aromatic heterocycles. The lowest BCUT2D eigenvalue weighted by Crippen LogP contribution is -2.07. The van der Waals surface area contributed by atoms with E-state index in [1.807, 2.05) is 0 Å². The Kier molecular flexibility index (Phi) is 3.38. The first-order valence-electron chi connectivity index (χ1n) is 4.93. The number of halogens is 1. The van der Waals surface area contributed by atoms with Gasteiger partial charge in [0.25, 0.3) is 0 Å². The Bertz CT molecular complexity index is 442. The monoisotopic (exact) mass is 283 g/mol. The molecular weight excluding hydrogens is 274 g/mol. The summed E-state index contributed by atoms with van der Waals surface area (Å²) in [7, 11) is 0. The average Bonchev–Trinajstić information content (AvgIpc) is 3.11. The molecule has 1 aliphatic rings. The van der Waals surface area contributed by atoms with E-state index in [2.05, 4.69) is 35.9 Å². The molecule has 1 aliphatic carbocycles. The van der Waals surface area contributed by atoms with E-state index in [1.165, 1.54) is 0 Å². The zero-order valence-electron chi connectivity index (χ0n) is 8.41. The Morgan fingerprint density at radius 1 is 1.69 bits per heavy atom. The second-order valence-electron chi connectivity index (χ2n) is 3.64. The smallest absolute Gasteiger partial charge is 0.131 e. The normalized spacial score (nSPS) is 16.6. The van der Waals surface area contributed by atoms with E-state index >= 15 is 0 Å². The van der Waals surface area contributed by atoms with Gasteiger partial charge in [-0.2, -0.15) is 0 Å². The molecule has 7 heteroatoms. The standard InChI is InChI=1S/C9H10BrN5O/c10-6-3-12-9(5-1-2-5)13-8(6)7(4-16)14-15-11/h3,5,7,16H,1-2,4H2. The van der Waals surface area contributed by atoms with Crippen molar-refractivity contribution in [1.82, 2.24) is 9.97 Å². The zero-order valence-corrected chi connectivity index (χ0v) is 10.0. The van der Waals surface area contributed by atoms with Gasteiger partial charge in [0, 0.05) is 17.0 Å². The van der Waals surface area contributed by atoms with E-state index in [0.717, 1.165) is 18.7 Å². The van der Waals surface area contributed by atoms with Gasteiger partial charge >= 0.3 is 0 Å². The van der Waals surface area contributed by atoms with Crippen LogP contribution in [0.1, 0.15) is 36.3 Å². The van der Waals surface area contributed by atoms with Crippen LogP contribution in [0.4, 0.5) is 0 Å². The summed E-state index contributed by atoms with van der Waals surface area (Å²) in [4.78, 5) is 11.2. The number of aliphatic hydroxyl groups is 1. The second-order valence-corrected chi connectivity index (χ2v) is 4.49. The quantitative estimate of drug-likeness (QED) is 0.522. The molecule has 0 bridgehead atoms. The van der Waals surface area contributed by atoms with Gasteiger partial charge in [-0.05, 0) is 34.3 Å². The highest BCUT2D eigenvalue weighted by Gasteiger charge is 2.28. The van der Waals surface area contributed by atoms with Crippen molar-refractivity contribution in [3.63, 3.8) is 0 Å². The molecule has 6 nitrogen and oxygen atoms in total. The van der Waals surface area contributed by atoms with Crippen LogP contribution in [0, 0.1) is 0 Å². The highest BCUT2D eigenvalue weighted by atomic mass is 79.9. The van der Waals surface area contributed by atoms with Crippen LogP contribution < -0.4 is 0 Å². The van der Waals surface area contributed by atoms with E-state index in [4.69, 9.17) is 10.6 Å². The van der Waals surface area contributed by atoms with E-state index in [0.29, 0.717) is 16.1 Å². The van der Waals surface area contributed by atoms with Gasteiger partial charge in [-0.3, -0.25) is 0 Å². The van der Waals surface area contributed by atoms with Gasteiger partial charge in [0.2, 0.25) is 0 Å². The molecule has 2 rings (SSSR count). The topological polar surface area (TPSA) is 94.8 Å². The molecule has 1 unspecified atom stereocenters. The molecule has 1 saturated carbocycles. The first kappa shape index (κ1) is 11.3. The molecule has 0 saturated heterocycles. The van der Waals surface area contributed by atoms with Crippen LogP contribution in [0.3, 0.4) is 0 Å². The van der Waals surface area contributed by atoms with Crippen LogP contribution in [0.2, 0.25) is 0 Å². The number of nitrogens with zero attached hydrogens (tertiary/aromatic N) is 5. The van der Waals surface area contributed by atoms with E-state index < -0.39 is 6.04 Å². The van der Waals surface area contributed by atoms with E-state index in [-0.39, 0.29) is 6.61 Å². The van der Waals surface area contributed by atoms with Crippen molar-refractivity contribution < 1.29 is 5.11 Å². The summed E-state index contributed by atoms with van der Waals surface area (Å²) in [5.41, 5.74) is 8.95. The molecule has 1 aromatic rings. The van der Waals surface area contributed by atoms with Crippen molar-refractivity contribution in [2.24, 2.45) is 5.11 Å². The lowest BCUT2D eigenvalue weighted by molar-refractivity contribution is 0.265. The van der Waals surface area contributed by atoms with Crippen molar-refractivity contribution in [3.8, 4) is 0 Å². The third kappa shape index (κ3) is 2.32. The minimum atomic E-state index is -0.653. The van der Waals surface area contributed by atoms with Crippen LogP contribution in [0.5, 0.6) is 0 Å². The predicted octanol–water partition coefficient (Wildman–Crippen LogP) is 2.46. The summed E-state index contributed by atoms with van der Waals surface area (Å²) in [5.74, 6) is 1.20. The fraction of sp³-hybridized carbons (Fsp3) is 0.556. The maximum atomic E-state index is 9.13. The van der Waals surface area contributed by atoms with Crippen molar-refractivity contribution in [3.05, 3.63) is 32.6 Å². The molecule has 0 spiro atoms. The summed E-state index contributed by atoms with van der Waals surface area (Å²) in [6.45, 7) is -0.260. The minimum absolute atomic E-state index is 0.260. The SMILES string of the molecule is [N-]=[N+]=NC(CO)c1nc(C2CC2)ncc1Br. The molecule has 0 radical (unpaired) electrons. The fourth-order valence-corrected chi connectivity index (χ4v) is 1.86. The molecule has 1 fully saturated rings. The number of azide groups is 1. The Labute approximate surface area is 100 Å². The molecule has 1 atom stereocenters. The Hall–Kier alpha value is -1.17. The Balaban J connectivity index is 2.36. The van der Waals surface area contributed by atoms with Gasteiger partial charge < -0.3 is 5.11 Å². The van der Waals surface area contributed by atoms with Crippen molar-refractivity contribution >= 4 is 15.9 Å². The number of hydrogen-bond acceptors (Lipinski definition) is 4. The predicted molar refractivity (Wildman–Crippen MR) is 60.7 cm³/mol. The summed E-state index contributed by atoms with van der Waals surface area (Å²) in [5, 5.41) is 12.6. The molecule has 16 heavy (non-hydrogen) atoms. The molecular formula is C9H10BrN5O. The third-order valence-electron chi connectivity index (χ3n) is 2.41. The van der Waals surface area contributed by atoms with Gasteiger partial charge in [-0.1, -0.05) is 5.11 Å². The molecule has 84 valence electrons. The average molecular weight is 284 g/mol. The molecule has 0 amide bonds. The van der Waals surface area contributed by atoms with Crippen molar-refractivity contribution in [2.45, 2.75) is 24.8 Å². The third-order valence-corrected chi connectivity index (χ3v) is 3.02. The van der Waals surface area contributed by atoms with Crippen LogP contribution in [-0.2, 0) is 0 Å².